The molecule has 4 rings (SSSR count). The van der Waals surface area contributed by atoms with Gasteiger partial charge in [0.15, 0.2) is 0 Å². The molecule has 1 unspecified atom stereocenters. The fraction of sp³-hybridized carbons (Fsp3) is 0.200. The number of carbonyl (C=O) groups is 2. The number of hydrogen-bond acceptors (Lipinski definition) is 5. The predicted octanol–water partition coefficient (Wildman–Crippen LogP) is 4.30. The van der Waals surface area contributed by atoms with Gasteiger partial charge in [-0.15, -0.1) is 0 Å². The summed E-state index contributed by atoms with van der Waals surface area (Å²) in [5.41, 5.74) is 2.18. The third-order valence-electron chi connectivity index (χ3n) is 5.00. The first-order valence-corrected chi connectivity index (χ1v) is 10.2. The second-order valence-corrected chi connectivity index (χ2v) is 7.39. The number of amides is 1. The number of hydrogen-bond donors (Lipinski definition) is 1. The van der Waals surface area contributed by atoms with Gasteiger partial charge in [-0.05, 0) is 31.2 Å². The molecule has 1 amide bonds. The van der Waals surface area contributed by atoms with Gasteiger partial charge in [-0.1, -0.05) is 48.5 Å². The lowest BCUT2D eigenvalue weighted by molar-refractivity contribution is -0.147. The fourth-order valence-corrected chi connectivity index (χ4v) is 3.36. The van der Waals surface area contributed by atoms with E-state index in [1.165, 1.54) is 19.1 Å². The van der Waals surface area contributed by atoms with Gasteiger partial charge in [0.05, 0.1) is 6.61 Å². The van der Waals surface area contributed by atoms with Crippen molar-refractivity contribution in [1.29, 1.82) is 0 Å². The van der Waals surface area contributed by atoms with Crippen LogP contribution in [0.2, 0.25) is 0 Å². The Balaban J connectivity index is 1.43. The number of nitrogens with one attached hydrogen (secondary N) is 1. The monoisotopic (exact) mass is 435 g/mol. The molecule has 7 heteroatoms. The standard InChI is InChI=1S/C25H22FNO5/c1-16(27-23(28)17-8-4-2-5-9-17)24(29)30-14-19-12-21(26)13-20-15-31-25(32-22(19)20)18-10-6-3-7-11-18/h2-13,16,25H,14-15H2,1H3,(H,27,28)/t16-,25?/m1/s1. The SMILES string of the molecule is C[C@@H](NC(=O)c1ccccc1)C(=O)OCc1cc(F)cc2c1OC(c1ccccc1)OC2. The van der Waals surface area contributed by atoms with Crippen molar-refractivity contribution in [2.75, 3.05) is 0 Å². The molecule has 1 aliphatic rings. The molecule has 0 fully saturated rings. The van der Waals surface area contributed by atoms with E-state index in [1.54, 1.807) is 30.3 Å². The van der Waals surface area contributed by atoms with Crippen LogP contribution < -0.4 is 10.1 Å². The Kier molecular flexibility index (Phi) is 6.47. The van der Waals surface area contributed by atoms with Crippen molar-refractivity contribution in [3.63, 3.8) is 0 Å². The molecule has 32 heavy (non-hydrogen) atoms. The number of carbonyl (C=O) groups excluding carboxylic acids is 2. The Morgan fingerprint density at radius 2 is 1.78 bits per heavy atom. The van der Waals surface area contributed by atoms with Crippen LogP contribution in [0.4, 0.5) is 4.39 Å². The van der Waals surface area contributed by atoms with Crippen LogP contribution >= 0.6 is 0 Å². The highest BCUT2D eigenvalue weighted by Crippen LogP contribution is 2.36. The van der Waals surface area contributed by atoms with Gasteiger partial charge < -0.3 is 19.5 Å². The number of esters is 1. The van der Waals surface area contributed by atoms with Gasteiger partial charge in [-0.25, -0.2) is 9.18 Å². The van der Waals surface area contributed by atoms with E-state index in [4.69, 9.17) is 14.2 Å². The maximum Gasteiger partial charge on any atom is 0.328 e. The first-order valence-electron chi connectivity index (χ1n) is 10.2. The molecule has 0 radical (unpaired) electrons. The van der Waals surface area contributed by atoms with E-state index in [0.29, 0.717) is 22.4 Å². The van der Waals surface area contributed by atoms with Crippen molar-refractivity contribution >= 4 is 11.9 Å². The highest BCUT2D eigenvalue weighted by Gasteiger charge is 2.26. The van der Waals surface area contributed by atoms with Crippen molar-refractivity contribution in [2.24, 2.45) is 0 Å². The molecule has 0 spiro atoms. The number of ether oxygens (including phenoxy) is 3. The second-order valence-electron chi connectivity index (χ2n) is 7.39. The Labute approximate surface area is 184 Å². The Morgan fingerprint density at radius 3 is 2.50 bits per heavy atom. The molecule has 3 aromatic rings. The number of benzene rings is 3. The molecule has 6 nitrogen and oxygen atoms in total. The average molecular weight is 435 g/mol. The Bertz CT molecular complexity index is 1100. The van der Waals surface area contributed by atoms with Crippen LogP contribution in [0.15, 0.2) is 72.8 Å². The number of fused-ring (bicyclic) bond motifs is 1. The Morgan fingerprint density at radius 1 is 1.09 bits per heavy atom. The quantitative estimate of drug-likeness (QED) is 0.585. The van der Waals surface area contributed by atoms with Crippen LogP contribution in [0, 0.1) is 5.82 Å². The first kappa shape index (κ1) is 21.5. The molecule has 0 saturated heterocycles. The normalized spacial score (nSPS) is 15.8. The van der Waals surface area contributed by atoms with E-state index in [2.05, 4.69) is 5.32 Å². The van der Waals surface area contributed by atoms with Crippen molar-refractivity contribution < 1.29 is 28.2 Å². The van der Waals surface area contributed by atoms with E-state index < -0.39 is 24.1 Å². The lowest BCUT2D eigenvalue weighted by Gasteiger charge is -2.28. The molecule has 0 bridgehead atoms. The van der Waals surface area contributed by atoms with Crippen molar-refractivity contribution in [2.45, 2.75) is 32.5 Å². The van der Waals surface area contributed by atoms with E-state index in [-0.39, 0.29) is 19.1 Å². The van der Waals surface area contributed by atoms with Gasteiger partial charge in [0, 0.05) is 22.3 Å². The van der Waals surface area contributed by atoms with Crippen LogP contribution in [0.1, 0.15) is 40.3 Å². The summed E-state index contributed by atoms with van der Waals surface area (Å²) in [4.78, 5) is 24.7. The van der Waals surface area contributed by atoms with Gasteiger partial charge in [-0.2, -0.15) is 0 Å². The molecule has 1 N–H and O–H groups in total. The zero-order valence-electron chi connectivity index (χ0n) is 17.4. The molecule has 164 valence electrons. The average Bonchev–Trinajstić information content (AvgIpc) is 2.83. The summed E-state index contributed by atoms with van der Waals surface area (Å²) < 4.78 is 31.1. The third kappa shape index (κ3) is 4.95. The summed E-state index contributed by atoms with van der Waals surface area (Å²) in [7, 11) is 0. The zero-order chi connectivity index (χ0) is 22.5. The predicted molar refractivity (Wildman–Crippen MR) is 114 cm³/mol. The largest absolute Gasteiger partial charge is 0.460 e. The summed E-state index contributed by atoms with van der Waals surface area (Å²) in [6, 6.07) is 19.7. The molecule has 0 aliphatic carbocycles. The third-order valence-corrected chi connectivity index (χ3v) is 5.00. The van der Waals surface area contributed by atoms with Crippen molar-refractivity contribution in [1.82, 2.24) is 5.32 Å². The van der Waals surface area contributed by atoms with E-state index >= 15 is 0 Å². The lowest BCUT2D eigenvalue weighted by Crippen LogP contribution is -2.39. The molecular weight excluding hydrogens is 413 g/mol. The van der Waals surface area contributed by atoms with Crippen molar-refractivity contribution in [3.8, 4) is 5.75 Å². The maximum absolute atomic E-state index is 14.1. The highest BCUT2D eigenvalue weighted by molar-refractivity contribution is 5.96. The van der Waals surface area contributed by atoms with Gasteiger partial charge in [0.25, 0.3) is 5.91 Å². The minimum atomic E-state index is -0.881. The van der Waals surface area contributed by atoms with Gasteiger partial charge in [0.2, 0.25) is 6.29 Å². The lowest BCUT2D eigenvalue weighted by atomic mass is 10.1. The molecule has 0 saturated carbocycles. The van der Waals surface area contributed by atoms with Crippen molar-refractivity contribution in [3.05, 3.63) is 101 Å². The molecule has 1 heterocycles. The van der Waals surface area contributed by atoms with Crippen LogP contribution in [-0.2, 0) is 27.5 Å². The molecule has 2 atom stereocenters. The summed E-state index contributed by atoms with van der Waals surface area (Å²) in [5, 5.41) is 2.60. The molecular formula is C25H22FNO5. The van der Waals surface area contributed by atoms with E-state index in [9.17, 15) is 14.0 Å². The molecule has 1 aliphatic heterocycles. The minimum absolute atomic E-state index is 0.164. The zero-order valence-corrected chi connectivity index (χ0v) is 17.4. The van der Waals surface area contributed by atoms with Gasteiger partial charge in [-0.3, -0.25) is 4.79 Å². The van der Waals surface area contributed by atoms with Crippen LogP contribution in [0.3, 0.4) is 0 Å². The topological polar surface area (TPSA) is 73.9 Å². The summed E-state index contributed by atoms with van der Waals surface area (Å²) in [6.45, 7) is 1.49. The fourth-order valence-electron chi connectivity index (χ4n) is 3.36. The van der Waals surface area contributed by atoms with Gasteiger partial charge in [0.1, 0.15) is 24.2 Å². The van der Waals surface area contributed by atoms with Crippen LogP contribution in [0.5, 0.6) is 5.75 Å². The number of halogens is 1. The maximum atomic E-state index is 14.1. The van der Waals surface area contributed by atoms with Crippen LogP contribution in [0.25, 0.3) is 0 Å². The van der Waals surface area contributed by atoms with E-state index in [1.807, 2.05) is 30.3 Å². The van der Waals surface area contributed by atoms with E-state index in [0.717, 1.165) is 5.56 Å². The van der Waals surface area contributed by atoms with Crippen LogP contribution in [-0.4, -0.2) is 17.9 Å². The summed E-state index contributed by atoms with van der Waals surface area (Å²) in [5.74, 6) is -1.07. The Hall–Kier alpha value is -3.71. The highest BCUT2D eigenvalue weighted by atomic mass is 19.1. The van der Waals surface area contributed by atoms with Gasteiger partial charge >= 0.3 is 5.97 Å². The smallest absolute Gasteiger partial charge is 0.328 e. The molecule has 0 aromatic heterocycles. The number of rotatable bonds is 6. The first-order chi connectivity index (χ1) is 15.5. The minimum Gasteiger partial charge on any atom is -0.460 e. The summed E-state index contributed by atoms with van der Waals surface area (Å²) >= 11 is 0. The second kappa shape index (κ2) is 9.62. The summed E-state index contributed by atoms with van der Waals surface area (Å²) in [6.07, 6.45) is -0.646. The molecule has 3 aromatic carbocycles.